The maximum absolute atomic E-state index is 13.3. The standard InChI is InChI=1S/C33H30N2O4S/c1-37-29-18-22(15-16-28(29)39-21-24-10-6-9-23-8-2-3-12-26(23)24)19-35-33-31(27-13-4-5-14-30(27)40-33)32(36)34-20-25-11-7-17-38-25/h2-3,6-12,15-19H,4-5,13-14,20-21H2,1H3,(H,34,36). The van der Waals surface area contributed by atoms with Gasteiger partial charge in [-0.3, -0.25) is 4.79 Å². The van der Waals surface area contributed by atoms with Gasteiger partial charge in [-0.1, -0.05) is 42.5 Å². The van der Waals surface area contributed by atoms with Crippen LogP contribution in [0, 0.1) is 0 Å². The fourth-order valence-electron chi connectivity index (χ4n) is 5.14. The lowest BCUT2D eigenvalue weighted by Gasteiger charge is -2.13. The number of hydrogen-bond donors (Lipinski definition) is 1. The summed E-state index contributed by atoms with van der Waals surface area (Å²) in [5.74, 6) is 1.90. The number of nitrogens with one attached hydrogen (secondary N) is 1. The Labute approximate surface area is 237 Å². The largest absolute Gasteiger partial charge is 0.493 e. The van der Waals surface area contributed by atoms with Gasteiger partial charge in [0.25, 0.3) is 5.91 Å². The quantitative estimate of drug-likeness (QED) is 0.191. The zero-order chi connectivity index (χ0) is 27.3. The summed E-state index contributed by atoms with van der Waals surface area (Å²) in [5, 5.41) is 6.10. The third-order valence-corrected chi connectivity index (χ3v) is 8.36. The molecule has 0 bridgehead atoms. The molecule has 7 heteroatoms. The number of nitrogens with zero attached hydrogens (tertiary/aromatic N) is 1. The van der Waals surface area contributed by atoms with E-state index in [4.69, 9.17) is 18.9 Å². The van der Waals surface area contributed by atoms with Crippen molar-refractivity contribution in [2.45, 2.75) is 38.8 Å². The van der Waals surface area contributed by atoms with E-state index in [2.05, 4.69) is 29.6 Å². The van der Waals surface area contributed by atoms with Gasteiger partial charge in [0.2, 0.25) is 0 Å². The van der Waals surface area contributed by atoms with E-state index in [1.807, 2.05) is 48.5 Å². The first-order valence-corrected chi connectivity index (χ1v) is 14.3. The highest BCUT2D eigenvalue weighted by Crippen LogP contribution is 2.40. The number of carbonyl (C=O) groups excluding carboxylic acids is 1. The van der Waals surface area contributed by atoms with Gasteiger partial charge in [-0.05, 0) is 83.5 Å². The first kappa shape index (κ1) is 25.9. The molecule has 0 atom stereocenters. The number of hydrogen-bond acceptors (Lipinski definition) is 6. The Hall–Kier alpha value is -4.36. The molecule has 0 unspecified atom stereocenters. The Balaban J connectivity index is 1.21. The monoisotopic (exact) mass is 550 g/mol. The van der Waals surface area contributed by atoms with Crippen LogP contribution in [0.3, 0.4) is 0 Å². The molecule has 6 nitrogen and oxygen atoms in total. The Morgan fingerprint density at radius 3 is 2.77 bits per heavy atom. The number of carbonyl (C=O) groups is 1. The fraction of sp³-hybridized carbons (Fsp3) is 0.212. The van der Waals surface area contributed by atoms with E-state index in [9.17, 15) is 4.79 Å². The highest BCUT2D eigenvalue weighted by atomic mass is 32.1. The summed E-state index contributed by atoms with van der Waals surface area (Å²) < 4.78 is 17.2. The van der Waals surface area contributed by atoms with Crippen molar-refractivity contribution in [1.82, 2.24) is 5.32 Å². The van der Waals surface area contributed by atoms with Crippen molar-refractivity contribution in [2.24, 2.45) is 4.99 Å². The topological polar surface area (TPSA) is 73.1 Å². The van der Waals surface area contributed by atoms with Crippen LogP contribution in [0.15, 0.2) is 88.5 Å². The maximum atomic E-state index is 13.3. The molecule has 1 amide bonds. The van der Waals surface area contributed by atoms with E-state index < -0.39 is 0 Å². The van der Waals surface area contributed by atoms with Crippen LogP contribution in [-0.4, -0.2) is 19.2 Å². The number of methoxy groups -OCH3 is 1. The molecule has 0 saturated carbocycles. The first-order valence-electron chi connectivity index (χ1n) is 13.5. The average molecular weight is 551 g/mol. The number of benzene rings is 3. The summed E-state index contributed by atoms with van der Waals surface area (Å²) in [6, 6.07) is 24.0. The van der Waals surface area contributed by atoms with Gasteiger partial charge in [0.15, 0.2) is 11.5 Å². The molecular weight excluding hydrogens is 520 g/mol. The summed E-state index contributed by atoms with van der Waals surface area (Å²) in [7, 11) is 1.63. The first-order chi connectivity index (χ1) is 19.7. The van der Waals surface area contributed by atoms with Crippen molar-refractivity contribution in [1.29, 1.82) is 0 Å². The smallest absolute Gasteiger partial charge is 0.255 e. The predicted octanol–water partition coefficient (Wildman–Crippen LogP) is 7.64. The Bertz CT molecular complexity index is 1660. The lowest BCUT2D eigenvalue weighted by molar-refractivity contribution is 0.0948. The molecule has 1 aliphatic carbocycles. The van der Waals surface area contributed by atoms with Gasteiger partial charge in [0.05, 0.1) is 25.5 Å². The van der Waals surface area contributed by atoms with Gasteiger partial charge >= 0.3 is 0 Å². The third kappa shape index (κ3) is 5.51. The van der Waals surface area contributed by atoms with Crippen LogP contribution in [0.2, 0.25) is 0 Å². The number of fused-ring (bicyclic) bond motifs is 2. The predicted molar refractivity (Wildman–Crippen MR) is 159 cm³/mol. The zero-order valence-electron chi connectivity index (χ0n) is 22.3. The molecule has 6 rings (SSSR count). The van der Waals surface area contributed by atoms with Crippen molar-refractivity contribution in [3.8, 4) is 11.5 Å². The van der Waals surface area contributed by atoms with Crippen molar-refractivity contribution in [3.63, 3.8) is 0 Å². The van der Waals surface area contributed by atoms with Crippen molar-refractivity contribution < 1.29 is 18.7 Å². The second kappa shape index (κ2) is 11.8. The number of aliphatic imine (C=N–C) groups is 1. The van der Waals surface area contributed by atoms with Crippen LogP contribution in [-0.2, 0) is 26.0 Å². The zero-order valence-corrected chi connectivity index (χ0v) is 23.1. The van der Waals surface area contributed by atoms with Gasteiger partial charge in [-0.2, -0.15) is 0 Å². The van der Waals surface area contributed by atoms with Gasteiger partial charge in [0, 0.05) is 11.1 Å². The number of amides is 1. The summed E-state index contributed by atoms with van der Waals surface area (Å²) >= 11 is 1.61. The van der Waals surface area contributed by atoms with E-state index in [0.717, 1.165) is 53.1 Å². The summed E-state index contributed by atoms with van der Waals surface area (Å²) in [6.07, 6.45) is 7.52. The van der Waals surface area contributed by atoms with Gasteiger partial charge in [-0.25, -0.2) is 4.99 Å². The minimum Gasteiger partial charge on any atom is -0.493 e. The maximum Gasteiger partial charge on any atom is 0.255 e. The molecule has 1 N–H and O–H groups in total. The Kier molecular flexibility index (Phi) is 7.64. The fourth-order valence-corrected chi connectivity index (χ4v) is 6.37. The number of aryl methyl sites for hydroxylation is 1. The molecule has 202 valence electrons. The van der Waals surface area contributed by atoms with Crippen LogP contribution in [0.4, 0.5) is 5.00 Å². The molecule has 40 heavy (non-hydrogen) atoms. The van der Waals surface area contributed by atoms with E-state index in [0.29, 0.717) is 30.2 Å². The van der Waals surface area contributed by atoms with Gasteiger partial charge in [0.1, 0.15) is 17.4 Å². The molecule has 0 saturated heterocycles. The minimum absolute atomic E-state index is 0.113. The van der Waals surface area contributed by atoms with E-state index in [-0.39, 0.29) is 5.91 Å². The average Bonchev–Trinajstić information content (AvgIpc) is 3.66. The molecule has 2 heterocycles. The van der Waals surface area contributed by atoms with E-state index in [1.165, 1.54) is 15.6 Å². The molecule has 2 aromatic heterocycles. The minimum atomic E-state index is -0.113. The van der Waals surface area contributed by atoms with Crippen molar-refractivity contribution in [2.75, 3.05) is 7.11 Å². The number of furan rings is 1. The van der Waals surface area contributed by atoms with E-state index >= 15 is 0 Å². The highest BCUT2D eigenvalue weighted by Gasteiger charge is 2.25. The van der Waals surface area contributed by atoms with E-state index in [1.54, 1.807) is 30.9 Å². The number of thiophene rings is 1. The van der Waals surface area contributed by atoms with Crippen LogP contribution in [0.1, 0.15) is 50.5 Å². The normalized spacial score (nSPS) is 12.9. The van der Waals surface area contributed by atoms with Crippen LogP contribution in [0.5, 0.6) is 11.5 Å². The molecule has 3 aromatic carbocycles. The summed E-state index contributed by atoms with van der Waals surface area (Å²) in [5.41, 5.74) is 3.80. The summed E-state index contributed by atoms with van der Waals surface area (Å²) in [4.78, 5) is 19.3. The number of ether oxygens (including phenoxy) is 2. The van der Waals surface area contributed by atoms with Gasteiger partial charge < -0.3 is 19.2 Å². The molecule has 0 spiro atoms. The van der Waals surface area contributed by atoms with Crippen molar-refractivity contribution in [3.05, 3.63) is 112 Å². The summed E-state index contributed by atoms with van der Waals surface area (Å²) in [6.45, 7) is 0.777. The molecule has 5 aromatic rings. The Morgan fingerprint density at radius 1 is 1.02 bits per heavy atom. The van der Waals surface area contributed by atoms with Crippen LogP contribution >= 0.6 is 11.3 Å². The lowest BCUT2D eigenvalue weighted by atomic mass is 9.95. The number of rotatable bonds is 9. The van der Waals surface area contributed by atoms with Crippen LogP contribution in [0.25, 0.3) is 10.8 Å². The van der Waals surface area contributed by atoms with Crippen LogP contribution < -0.4 is 14.8 Å². The molecule has 0 fully saturated rings. The second-order valence-corrected chi connectivity index (χ2v) is 10.8. The van der Waals surface area contributed by atoms with Crippen molar-refractivity contribution >= 4 is 39.2 Å². The lowest BCUT2D eigenvalue weighted by Crippen LogP contribution is -2.23. The Morgan fingerprint density at radius 2 is 1.90 bits per heavy atom. The van der Waals surface area contributed by atoms with Gasteiger partial charge in [-0.15, -0.1) is 11.3 Å². The molecule has 0 radical (unpaired) electrons. The highest BCUT2D eigenvalue weighted by molar-refractivity contribution is 7.16. The molecular formula is C33H30N2O4S. The molecule has 0 aliphatic heterocycles. The third-order valence-electron chi connectivity index (χ3n) is 7.16. The molecule has 1 aliphatic rings. The second-order valence-electron chi connectivity index (χ2n) is 9.75. The SMILES string of the molecule is COc1cc(C=Nc2sc3c(c2C(=O)NCc2ccco2)CCCC3)ccc1OCc1cccc2ccccc12.